The summed E-state index contributed by atoms with van der Waals surface area (Å²) < 4.78 is 0. The maximum atomic E-state index is 2.53. The number of rotatable bonds is 2. The molecule has 1 heterocycles. The van der Waals surface area contributed by atoms with Crippen molar-refractivity contribution >= 4 is 0 Å². The zero-order chi connectivity index (χ0) is 9.14. The first-order chi connectivity index (χ1) is 5.61. The molecule has 1 unspecified atom stereocenters. The minimum absolute atomic E-state index is 0.691. The van der Waals surface area contributed by atoms with Crippen molar-refractivity contribution in [1.29, 1.82) is 0 Å². The fourth-order valence-corrected chi connectivity index (χ4v) is 1.63. The van der Waals surface area contributed by atoms with Crippen LogP contribution in [-0.2, 0) is 0 Å². The smallest absolute Gasteiger partial charge is 0.0166 e. The van der Waals surface area contributed by atoms with Crippen molar-refractivity contribution in [2.24, 2.45) is 11.8 Å². The van der Waals surface area contributed by atoms with Gasteiger partial charge in [0.25, 0.3) is 0 Å². The topological polar surface area (TPSA) is 3.24 Å². The molecule has 70 valence electrons. The van der Waals surface area contributed by atoms with Crippen molar-refractivity contribution in [3.05, 3.63) is 12.2 Å². The first-order valence-corrected chi connectivity index (χ1v) is 5.02. The van der Waals surface area contributed by atoms with Crippen molar-refractivity contribution in [3.8, 4) is 0 Å². The van der Waals surface area contributed by atoms with E-state index in [2.05, 4.69) is 44.7 Å². The third-order valence-corrected chi connectivity index (χ3v) is 2.76. The Kier molecular flexibility index (Phi) is 3.33. The molecule has 0 fully saturated rings. The van der Waals surface area contributed by atoms with E-state index in [4.69, 9.17) is 0 Å². The van der Waals surface area contributed by atoms with Gasteiger partial charge in [0, 0.05) is 19.1 Å². The zero-order valence-electron chi connectivity index (χ0n) is 8.75. The van der Waals surface area contributed by atoms with Crippen molar-refractivity contribution in [2.75, 3.05) is 13.1 Å². The number of hydrogen-bond donors (Lipinski definition) is 0. The highest BCUT2D eigenvalue weighted by Crippen LogP contribution is 2.19. The maximum Gasteiger partial charge on any atom is 0.0166 e. The summed E-state index contributed by atoms with van der Waals surface area (Å²) in [4.78, 5) is 2.53. The summed E-state index contributed by atoms with van der Waals surface area (Å²) in [6.07, 6.45) is 4.69. The highest BCUT2D eigenvalue weighted by atomic mass is 15.1. The molecule has 1 aliphatic rings. The summed E-state index contributed by atoms with van der Waals surface area (Å²) in [5, 5.41) is 0. The van der Waals surface area contributed by atoms with E-state index in [1.165, 1.54) is 6.54 Å². The molecule has 1 aliphatic heterocycles. The third-order valence-electron chi connectivity index (χ3n) is 2.76. The van der Waals surface area contributed by atoms with E-state index in [1.807, 2.05) is 0 Å². The molecule has 1 nitrogen and oxygen atoms in total. The Hall–Kier alpha value is -0.300. The lowest BCUT2D eigenvalue weighted by atomic mass is 9.92. The maximum absolute atomic E-state index is 2.53. The summed E-state index contributed by atoms with van der Waals surface area (Å²) in [6.45, 7) is 11.5. The highest BCUT2D eigenvalue weighted by molar-refractivity contribution is 4.98. The Labute approximate surface area is 76.5 Å². The van der Waals surface area contributed by atoms with Crippen LogP contribution in [0.3, 0.4) is 0 Å². The van der Waals surface area contributed by atoms with Gasteiger partial charge >= 0.3 is 0 Å². The van der Waals surface area contributed by atoms with Gasteiger partial charge in [0.05, 0.1) is 0 Å². The summed E-state index contributed by atoms with van der Waals surface area (Å²) in [5.41, 5.74) is 0. The zero-order valence-corrected chi connectivity index (χ0v) is 8.75. The highest BCUT2D eigenvalue weighted by Gasteiger charge is 2.19. The van der Waals surface area contributed by atoms with Crippen LogP contribution in [0, 0.1) is 11.8 Å². The van der Waals surface area contributed by atoms with Crippen LogP contribution in [0.25, 0.3) is 0 Å². The molecule has 0 aromatic rings. The largest absolute Gasteiger partial charge is 0.297 e. The van der Waals surface area contributed by atoms with Gasteiger partial charge in [0.2, 0.25) is 0 Å². The fourth-order valence-electron chi connectivity index (χ4n) is 1.63. The second-order valence-electron chi connectivity index (χ2n) is 4.38. The molecule has 0 aliphatic carbocycles. The predicted molar refractivity (Wildman–Crippen MR) is 54.2 cm³/mol. The molecule has 0 aromatic heterocycles. The molecule has 0 amide bonds. The van der Waals surface area contributed by atoms with Gasteiger partial charge in [0.15, 0.2) is 0 Å². The minimum atomic E-state index is 0.691. The van der Waals surface area contributed by atoms with Gasteiger partial charge in [-0.15, -0.1) is 0 Å². The molecule has 0 N–H and O–H groups in total. The molecule has 0 saturated heterocycles. The minimum Gasteiger partial charge on any atom is -0.297 e. The van der Waals surface area contributed by atoms with Crippen LogP contribution in [0.5, 0.6) is 0 Å². The van der Waals surface area contributed by atoms with Crippen LogP contribution < -0.4 is 0 Å². The molecule has 0 aromatic carbocycles. The molecule has 0 spiro atoms. The molecule has 0 radical (unpaired) electrons. The lowest BCUT2D eigenvalue weighted by Gasteiger charge is -2.33. The van der Waals surface area contributed by atoms with Gasteiger partial charge in [-0.1, -0.05) is 26.0 Å². The standard InChI is InChI=1S/C11H21N/c1-9(2)11-6-5-7-12(8-11)10(3)4/h5-6,9-11H,7-8H2,1-4H3. The van der Waals surface area contributed by atoms with E-state index in [-0.39, 0.29) is 0 Å². The Bertz CT molecular complexity index is 158. The van der Waals surface area contributed by atoms with Crippen LogP contribution in [0.1, 0.15) is 27.7 Å². The third kappa shape index (κ3) is 2.34. The van der Waals surface area contributed by atoms with Gasteiger partial charge in [0.1, 0.15) is 0 Å². The second-order valence-corrected chi connectivity index (χ2v) is 4.38. The molecule has 0 bridgehead atoms. The lowest BCUT2D eigenvalue weighted by Crippen LogP contribution is -2.38. The van der Waals surface area contributed by atoms with Crippen molar-refractivity contribution in [2.45, 2.75) is 33.7 Å². The van der Waals surface area contributed by atoms with Crippen LogP contribution in [0.15, 0.2) is 12.2 Å². The number of nitrogens with zero attached hydrogens (tertiary/aromatic N) is 1. The van der Waals surface area contributed by atoms with Gasteiger partial charge < -0.3 is 0 Å². The molecule has 1 heteroatoms. The summed E-state index contributed by atoms with van der Waals surface area (Å²) in [6, 6.07) is 0.691. The van der Waals surface area contributed by atoms with Gasteiger partial charge in [-0.2, -0.15) is 0 Å². The van der Waals surface area contributed by atoms with Crippen LogP contribution >= 0.6 is 0 Å². The van der Waals surface area contributed by atoms with E-state index in [1.54, 1.807) is 0 Å². The van der Waals surface area contributed by atoms with Crippen LogP contribution in [0.2, 0.25) is 0 Å². The summed E-state index contributed by atoms with van der Waals surface area (Å²) in [5.74, 6) is 1.55. The molecular formula is C11H21N. The van der Waals surface area contributed by atoms with E-state index in [0.29, 0.717) is 6.04 Å². The van der Waals surface area contributed by atoms with E-state index < -0.39 is 0 Å². The Morgan fingerprint density at radius 1 is 1.25 bits per heavy atom. The molecule has 1 atom stereocenters. The Morgan fingerprint density at radius 2 is 1.92 bits per heavy atom. The predicted octanol–water partition coefficient (Wildman–Crippen LogP) is 2.54. The number of hydrogen-bond acceptors (Lipinski definition) is 1. The van der Waals surface area contributed by atoms with Crippen LogP contribution in [0.4, 0.5) is 0 Å². The average molecular weight is 167 g/mol. The monoisotopic (exact) mass is 167 g/mol. The molecule has 1 rings (SSSR count). The van der Waals surface area contributed by atoms with Crippen LogP contribution in [-0.4, -0.2) is 24.0 Å². The normalized spacial score (nSPS) is 25.7. The SMILES string of the molecule is CC(C)C1C=CCN(C(C)C)C1. The Balaban J connectivity index is 2.51. The lowest BCUT2D eigenvalue weighted by molar-refractivity contribution is 0.191. The summed E-state index contributed by atoms with van der Waals surface area (Å²) in [7, 11) is 0. The first kappa shape index (κ1) is 9.79. The fraction of sp³-hybridized carbons (Fsp3) is 0.818. The molecule has 0 saturated carbocycles. The quantitative estimate of drug-likeness (QED) is 0.571. The van der Waals surface area contributed by atoms with E-state index in [0.717, 1.165) is 18.4 Å². The van der Waals surface area contributed by atoms with Crippen molar-refractivity contribution in [3.63, 3.8) is 0 Å². The molecular weight excluding hydrogens is 146 g/mol. The average Bonchev–Trinajstić information content (AvgIpc) is 2.04. The summed E-state index contributed by atoms with van der Waals surface area (Å²) >= 11 is 0. The van der Waals surface area contributed by atoms with Crippen molar-refractivity contribution < 1.29 is 0 Å². The first-order valence-electron chi connectivity index (χ1n) is 5.02. The van der Waals surface area contributed by atoms with Gasteiger partial charge in [-0.25, -0.2) is 0 Å². The van der Waals surface area contributed by atoms with E-state index in [9.17, 15) is 0 Å². The molecule has 12 heavy (non-hydrogen) atoms. The van der Waals surface area contributed by atoms with Crippen molar-refractivity contribution in [1.82, 2.24) is 4.90 Å². The second kappa shape index (κ2) is 4.08. The van der Waals surface area contributed by atoms with E-state index >= 15 is 0 Å². The van der Waals surface area contributed by atoms with Gasteiger partial charge in [-0.3, -0.25) is 4.90 Å². The Morgan fingerprint density at radius 3 is 2.42 bits per heavy atom. The van der Waals surface area contributed by atoms with Gasteiger partial charge in [-0.05, 0) is 25.7 Å².